The summed E-state index contributed by atoms with van der Waals surface area (Å²) in [5, 5.41) is 5.91. The van der Waals surface area contributed by atoms with E-state index in [-0.39, 0.29) is 17.8 Å². The third-order valence-corrected chi connectivity index (χ3v) is 2.76. The van der Waals surface area contributed by atoms with Crippen LogP contribution >= 0.6 is 0 Å². The summed E-state index contributed by atoms with van der Waals surface area (Å²) in [4.78, 5) is 11.0. The number of nitrogens with one attached hydrogen (secondary N) is 2. The molecule has 0 aliphatic carbocycles. The van der Waals surface area contributed by atoms with Gasteiger partial charge in [0, 0.05) is 31.1 Å². The van der Waals surface area contributed by atoms with Gasteiger partial charge in [-0.05, 0) is 13.0 Å². The molecule has 1 aliphatic rings. The van der Waals surface area contributed by atoms with E-state index in [0.717, 1.165) is 5.56 Å². The van der Waals surface area contributed by atoms with Crippen LogP contribution in [0, 0.1) is 12.7 Å². The second kappa shape index (κ2) is 4.61. The molecule has 1 fully saturated rings. The number of carbonyl (C=O) groups excluding carboxylic acids is 1. The first-order chi connectivity index (χ1) is 7.65. The maximum absolute atomic E-state index is 13.4. The van der Waals surface area contributed by atoms with Crippen molar-refractivity contribution in [1.82, 2.24) is 10.6 Å². The van der Waals surface area contributed by atoms with Crippen molar-refractivity contribution in [2.75, 3.05) is 6.54 Å². The first-order valence-corrected chi connectivity index (χ1v) is 5.40. The number of carbonyl (C=O) groups is 1. The Kier molecular flexibility index (Phi) is 3.19. The molecule has 3 nitrogen and oxygen atoms in total. The molecular formula is C12H15FN2O. The van der Waals surface area contributed by atoms with E-state index >= 15 is 0 Å². The minimum absolute atomic E-state index is 0.0576. The molecule has 1 amide bonds. The minimum Gasteiger partial charge on any atom is -0.354 e. The first-order valence-electron chi connectivity index (χ1n) is 5.40. The highest BCUT2D eigenvalue weighted by molar-refractivity contribution is 5.78. The van der Waals surface area contributed by atoms with Crippen LogP contribution in [0.2, 0.25) is 0 Å². The third-order valence-electron chi connectivity index (χ3n) is 2.76. The van der Waals surface area contributed by atoms with Crippen LogP contribution in [0.1, 0.15) is 17.5 Å². The molecule has 0 spiro atoms. The van der Waals surface area contributed by atoms with Gasteiger partial charge in [0.15, 0.2) is 0 Å². The fourth-order valence-electron chi connectivity index (χ4n) is 1.84. The van der Waals surface area contributed by atoms with Crippen LogP contribution in [-0.4, -0.2) is 18.5 Å². The molecule has 0 bridgehead atoms. The molecule has 1 aliphatic heterocycles. The lowest BCUT2D eigenvalue weighted by Gasteiger charge is -2.11. The van der Waals surface area contributed by atoms with Gasteiger partial charge in [-0.15, -0.1) is 0 Å². The topological polar surface area (TPSA) is 41.1 Å². The van der Waals surface area contributed by atoms with Crippen molar-refractivity contribution in [2.24, 2.45) is 0 Å². The molecule has 16 heavy (non-hydrogen) atoms. The quantitative estimate of drug-likeness (QED) is 0.804. The second-order valence-corrected chi connectivity index (χ2v) is 4.18. The molecule has 4 heteroatoms. The summed E-state index contributed by atoms with van der Waals surface area (Å²) in [6.07, 6.45) is 0.480. The third kappa shape index (κ3) is 2.58. The molecule has 1 aromatic carbocycles. The SMILES string of the molecule is Cc1ccc(F)c(CNC2CNC(=O)C2)c1. The Morgan fingerprint density at radius 2 is 2.38 bits per heavy atom. The molecular weight excluding hydrogens is 207 g/mol. The van der Waals surface area contributed by atoms with Crippen molar-refractivity contribution in [1.29, 1.82) is 0 Å². The van der Waals surface area contributed by atoms with Crippen LogP contribution in [-0.2, 0) is 11.3 Å². The van der Waals surface area contributed by atoms with Gasteiger partial charge in [-0.2, -0.15) is 0 Å². The summed E-state index contributed by atoms with van der Waals surface area (Å²) in [6, 6.07) is 5.17. The van der Waals surface area contributed by atoms with E-state index in [1.807, 2.05) is 13.0 Å². The van der Waals surface area contributed by atoms with Crippen molar-refractivity contribution in [3.8, 4) is 0 Å². The highest BCUT2D eigenvalue weighted by Crippen LogP contribution is 2.10. The number of aryl methyl sites for hydroxylation is 1. The zero-order valence-electron chi connectivity index (χ0n) is 9.22. The maximum Gasteiger partial charge on any atom is 0.221 e. The lowest BCUT2D eigenvalue weighted by Crippen LogP contribution is -2.30. The monoisotopic (exact) mass is 222 g/mol. The predicted molar refractivity (Wildman–Crippen MR) is 59.4 cm³/mol. The molecule has 2 rings (SSSR count). The van der Waals surface area contributed by atoms with Gasteiger partial charge in [0.1, 0.15) is 5.82 Å². The molecule has 0 radical (unpaired) electrons. The molecule has 86 valence electrons. The van der Waals surface area contributed by atoms with Crippen LogP contribution in [0.3, 0.4) is 0 Å². The fraction of sp³-hybridized carbons (Fsp3) is 0.417. The van der Waals surface area contributed by atoms with Gasteiger partial charge in [0.2, 0.25) is 5.91 Å². The average Bonchev–Trinajstić information content (AvgIpc) is 2.66. The molecule has 1 unspecified atom stereocenters. The number of rotatable bonds is 3. The van der Waals surface area contributed by atoms with E-state index in [9.17, 15) is 9.18 Å². The average molecular weight is 222 g/mol. The highest BCUT2D eigenvalue weighted by Gasteiger charge is 2.20. The largest absolute Gasteiger partial charge is 0.354 e. The number of amides is 1. The van der Waals surface area contributed by atoms with E-state index < -0.39 is 0 Å². The maximum atomic E-state index is 13.4. The molecule has 2 N–H and O–H groups in total. The van der Waals surface area contributed by atoms with Crippen molar-refractivity contribution < 1.29 is 9.18 Å². The molecule has 0 aromatic heterocycles. The number of hydrogen-bond acceptors (Lipinski definition) is 2. The lowest BCUT2D eigenvalue weighted by molar-refractivity contribution is -0.119. The number of hydrogen-bond donors (Lipinski definition) is 2. The normalized spacial score (nSPS) is 19.9. The summed E-state index contributed by atoms with van der Waals surface area (Å²) in [7, 11) is 0. The summed E-state index contributed by atoms with van der Waals surface area (Å²) in [5.41, 5.74) is 1.69. The first kappa shape index (κ1) is 11.1. The summed E-state index contributed by atoms with van der Waals surface area (Å²) >= 11 is 0. The Morgan fingerprint density at radius 1 is 1.56 bits per heavy atom. The van der Waals surface area contributed by atoms with Gasteiger partial charge in [-0.25, -0.2) is 4.39 Å². The van der Waals surface area contributed by atoms with Crippen molar-refractivity contribution in [3.63, 3.8) is 0 Å². The van der Waals surface area contributed by atoms with E-state index in [1.165, 1.54) is 6.07 Å². The number of halogens is 1. The highest BCUT2D eigenvalue weighted by atomic mass is 19.1. The van der Waals surface area contributed by atoms with Crippen LogP contribution in [0.4, 0.5) is 4.39 Å². The number of benzene rings is 1. The van der Waals surface area contributed by atoms with Crippen LogP contribution in [0.5, 0.6) is 0 Å². The molecule has 1 atom stereocenters. The standard InChI is InChI=1S/C12H15FN2O/c1-8-2-3-11(13)9(4-8)6-14-10-5-12(16)15-7-10/h2-4,10,14H,5-7H2,1H3,(H,15,16). The second-order valence-electron chi connectivity index (χ2n) is 4.18. The smallest absolute Gasteiger partial charge is 0.221 e. The zero-order chi connectivity index (χ0) is 11.5. The Labute approximate surface area is 94.0 Å². The van der Waals surface area contributed by atoms with Crippen molar-refractivity contribution in [3.05, 3.63) is 35.1 Å². The Balaban J connectivity index is 1.94. The lowest BCUT2D eigenvalue weighted by atomic mass is 10.1. The summed E-state index contributed by atoms with van der Waals surface area (Å²) < 4.78 is 13.4. The Morgan fingerprint density at radius 3 is 3.06 bits per heavy atom. The van der Waals surface area contributed by atoms with E-state index in [0.29, 0.717) is 25.1 Å². The molecule has 0 saturated carbocycles. The molecule has 1 aromatic rings. The van der Waals surface area contributed by atoms with Gasteiger partial charge in [-0.1, -0.05) is 17.7 Å². The van der Waals surface area contributed by atoms with Crippen molar-refractivity contribution >= 4 is 5.91 Å². The fourth-order valence-corrected chi connectivity index (χ4v) is 1.84. The van der Waals surface area contributed by atoms with Crippen molar-refractivity contribution in [2.45, 2.75) is 25.9 Å². The molecule has 1 saturated heterocycles. The van der Waals surface area contributed by atoms with Gasteiger partial charge in [0.25, 0.3) is 0 Å². The predicted octanol–water partition coefficient (Wildman–Crippen LogP) is 1.11. The van der Waals surface area contributed by atoms with Gasteiger partial charge in [0.05, 0.1) is 0 Å². The van der Waals surface area contributed by atoms with Crippen LogP contribution in [0.25, 0.3) is 0 Å². The molecule has 1 heterocycles. The Hall–Kier alpha value is -1.42. The zero-order valence-corrected chi connectivity index (χ0v) is 9.22. The summed E-state index contributed by atoms with van der Waals surface area (Å²) in [6.45, 7) is 3.03. The van der Waals surface area contributed by atoms with E-state index in [4.69, 9.17) is 0 Å². The van der Waals surface area contributed by atoms with E-state index in [2.05, 4.69) is 10.6 Å². The van der Waals surface area contributed by atoms with E-state index in [1.54, 1.807) is 6.07 Å². The van der Waals surface area contributed by atoms with Crippen LogP contribution < -0.4 is 10.6 Å². The summed E-state index contributed by atoms with van der Waals surface area (Å²) in [5.74, 6) is -0.141. The van der Waals surface area contributed by atoms with Gasteiger partial charge >= 0.3 is 0 Å². The van der Waals surface area contributed by atoms with Crippen LogP contribution in [0.15, 0.2) is 18.2 Å². The van der Waals surface area contributed by atoms with Gasteiger partial charge in [-0.3, -0.25) is 4.79 Å². The minimum atomic E-state index is -0.199. The Bertz CT molecular complexity index is 406. The van der Waals surface area contributed by atoms with Gasteiger partial charge < -0.3 is 10.6 Å².